The van der Waals surface area contributed by atoms with Crippen LogP contribution in [0.5, 0.6) is 5.75 Å². The van der Waals surface area contributed by atoms with Crippen molar-refractivity contribution < 1.29 is 4.74 Å². The van der Waals surface area contributed by atoms with Gasteiger partial charge < -0.3 is 10.5 Å². The maximum Gasteiger partial charge on any atom is 0.118 e. The summed E-state index contributed by atoms with van der Waals surface area (Å²) in [5.41, 5.74) is 9.10. The summed E-state index contributed by atoms with van der Waals surface area (Å²) in [6, 6.07) is 19.2. The lowest BCUT2D eigenvalue weighted by Crippen LogP contribution is -2.25. The maximum absolute atomic E-state index is 6.38. The van der Waals surface area contributed by atoms with Gasteiger partial charge in [0.05, 0.1) is 7.11 Å². The van der Waals surface area contributed by atoms with Crippen LogP contribution in [0.25, 0.3) is 0 Å². The molecular formula is C18H21NO. The number of methoxy groups -OCH3 is 1. The van der Waals surface area contributed by atoms with Gasteiger partial charge in [-0.1, -0.05) is 42.5 Å². The van der Waals surface area contributed by atoms with Crippen LogP contribution in [0, 0.1) is 5.92 Å². The predicted molar refractivity (Wildman–Crippen MR) is 82.0 cm³/mol. The molecule has 0 heterocycles. The van der Waals surface area contributed by atoms with E-state index in [9.17, 15) is 0 Å². The summed E-state index contributed by atoms with van der Waals surface area (Å²) in [7, 11) is 1.69. The molecule has 104 valence electrons. The van der Waals surface area contributed by atoms with Crippen LogP contribution in [0.2, 0.25) is 0 Å². The molecule has 2 aromatic carbocycles. The lowest BCUT2D eigenvalue weighted by Gasteiger charge is -2.12. The zero-order chi connectivity index (χ0) is 13.9. The Balaban J connectivity index is 1.59. The summed E-state index contributed by atoms with van der Waals surface area (Å²) >= 11 is 0. The van der Waals surface area contributed by atoms with Crippen LogP contribution in [-0.2, 0) is 6.42 Å². The average molecular weight is 267 g/mol. The van der Waals surface area contributed by atoms with E-state index >= 15 is 0 Å². The molecule has 0 saturated heterocycles. The lowest BCUT2D eigenvalue weighted by molar-refractivity contribution is 0.414. The smallest absolute Gasteiger partial charge is 0.118 e. The molecule has 0 radical (unpaired) electrons. The van der Waals surface area contributed by atoms with Crippen LogP contribution in [-0.4, -0.2) is 13.2 Å². The number of ether oxygens (including phenoxy) is 1. The van der Waals surface area contributed by atoms with Gasteiger partial charge in [0.1, 0.15) is 5.75 Å². The highest BCUT2D eigenvalue weighted by Gasteiger charge is 2.42. The number of rotatable bonds is 5. The highest BCUT2D eigenvalue weighted by atomic mass is 16.5. The Morgan fingerprint density at radius 3 is 2.45 bits per heavy atom. The molecule has 2 N–H and O–H groups in total. The Morgan fingerprint density at radius 1 is 1.10 bits per heavy atom. The molecule has 1 aliphatic carbocycles. The fraction of sp³-hybridized carbons (Fsp3) is 0.333. The van der Waals surface area contributed by atoms with E-state index in [1.54, 1.807) is 7.11 Å². The van der Waals surface area contributed by atoms with E-state index in [-0.39, 0.29) is 6.04 Å². The summed E-state index contributed by atoms with van der Waals surface area (Å²) in [5.74, 6) is 2.18. The Kier molecular flexibility index (Phi) is 3.75. The summed E-state index contributed by atoms with van der Waals surface area (Å²) in [4.78, 5) is 0. The minimum absolute atomic E-state index is 0.244. The van der Waals surface area contributed by atoms with Gasteiger partial charge in [0.15, 0.2) is 0 Å². The van der Waals surface area contributed by atoms with Crippen molar-refractivity contribution in [1.29, 1.82) is 0 Å². The van der Waals surface area contributed by atoms with Gasteiger partial charge in [0.25, 0.3) is 0 Å². The highest BCUT2D eigenvalue weighted by molar-refractivity contribution is 5.30. The number of hydrogen-bond acceptors (Lipinski definition) is 2. The standard InChI is InChI=1S/C18H21NO/c1-20-15-9-7-13(8-10-15)11-18(19)17-12-16(17)14-5-3-2-4-6-14/h2-10,16-18H,11-12,19H2,1H3. The molecule has 2 heteroatoms. The van der Waals surface area contributed by atoms with E-state index in [0.29, 0.717) is 11.8 Å². The van der Waals surface area contributed by atoms with Crippen molar-refractivity contribution in [2.24, 2.45) is 11.7 Å². The second-order valence-electron chi connectivity index (χ2n) is 5.63. The Morgan fingerprint density at radius 2 is 1.80 bits per heavy atom. The molecule has 0 amide bonds. The zero-order valence-electron chi connectivity index (χ0n) is 11.8. The van der Waals surface area contributed by atoms with Gasteiger partial charge in [-0.25, -0.2) is 0 Å². The van der Waals surface area contributed by atoms with Gasteiger partial charge in [0.2, 0.25) is 0 Å². The lowest BCUT2D eigenvalue weighted by atomic mass is 9.99. The number of nitrogens with two attached hydrogens (primary N) is 1. The molecule has 2 aromatic rings. The molecule has 2 nitrogen and oxygen atoms in total. The van der Waals surface area contributed by atoms with Crippen molar-refractivity contribution in [3.8, 4) is 5.75 Å². The Labute approximate surface area is 120 Å². The van der Waals surface area contributed by atoms with E-state index in [0.717, 1.165) is 12.2 Å². The fourth-order valence-electron chi connectivity index (χ4n) is 2.96. The first-order valence-electron chi connectivity index (χ1n) is 7.21. The summed E-state index contributed by atoms with van der Waals surface area (Å²) in [5, 5.41) is 0. The van der Waals surface area contributed by atoms with Crippen LogP contribution >= 0.6 is 0 Å². The van der Waals surface area contributed by atoms with Crippen LogP contribution in [0.4, 0.5) is 0 Å². The molecule has 1 saturated carbocycles. The second kappa shape index (κ2) is 5.68. The van der Waals surface area contributed by atoms with E-state index in [1.165, 1.54) is 17.5 Å². The normalized spacial score (nSPS) is 22.3. The van der Waals surface area contributed by atoms with Crippen molar-refractivity contribution >= 4 is 0 Å². The van der Waals surface area contributed by atoms with Crippen molar-refractivity contribution in [2.75, 3.05) is 7.11 Å². The maximum atomic E-state index is 6.38. The largest absolute Gasteiger partial charge is 0.497 e. The molecule has 0 spiro atoms. The molecule has 0 aliphatic heterocycles. The minimum atomic E-state index is 0.244. The summed E-state index contributed by atoms with van der Waals surface area (Å²) in [6.07, 6.45) is 2.17. The molecule has 3 unspecified atom stereocenters. The molecule has 3 rings (SSSR count). The molecule has 0 aromatic heterocycles. The van der Waals surface area contributed by atoms with Gasteiger partial charge in [-0.05, 0) is 47.9 Å². The second-order valence-corrected chi connectivity index (χ2v) is 5.63. The van der Waals surface area contributed by atoms with Gasteiger partial charge >= 0.3 is 0 Å². The summed E-state index contributed by atoms with van der Waals surface area (Å²) in [6.45, 7) is 0. The van der Waals surface area contributed by atoms with E-state index in [4.69, 9.17) is 10.5 Å². The predicted octanol–water partition coefficient (Wildman–Crippen LogP) is 3.37. The van der Waals surface area contributed by atoms with Gasteiger partial charge in [-0.3, -0.25) is 0 Å². The molecule has 0 bridgehead atoms. The van der Waals surface area contributed by atoms with Crippen molar-refractivity contribution in [3.63, 3.8) is 0 Å². The first-order chi connectivity index (χ1) is 9.78. The number of benzene rings is 2. The SMILES string of the molecule is COc1ccc(CC(N)C2CC2c2ccccc2)cc1. The van der Waals surface area contributed by atoms with Crippen LogP contribution in [0.15, 0.2) is 54.6 Å². The van der Waals surface area contributed by atoms with Gasteiger partial charge in [0, 0.05) is 6.04 Å². The Bertz CT molecular complexity index is 549. The highest BCUT2D eigenvalue weighted by Crippen LogP contribution is 2.49. The number of hydrogen-bond donors (Lipinski definition) is 1. The monoisotopic (exact) mass is 267 g/mol. The molecule has 1 fully saturated rings. The summed E-state index contributed by atoms with van der Waals surface area (Å²) < 4.78 is 5.18. The first kappa shape index (κ1) is 13.2. The van der Waals surface area contributed by atoms with Crippen LogP contribution in [0.3, 0.4) is 0 Å². The van der Waals surface area contributed by atoms with E-state index in [2.05, 4.69) is 42.5 Å². The van der Waals surface area contributed by atoms with E-state index in [1.807, 2.05) is 12.1 Å². The fourth-order valence-corrected chi connectivity index (χ4v) is 2.96. The first-order valence-corrected chi connectivity index (χ1v) is 7.21. The van der Waals surface area contributed by atoms with Gasteiger partial charge in [-0.15, -0.1) is 0 Å². The van der Waals surface area contributed by atoms with Crippen molar-refractivity contribution in [3.05, 3.63) is 65.7 Å². The Hall–Kier alpha value is -1.80. The van der Waals surface area contributed by atoms with Crippen molar-refractivity contribution in [1.82, 2.24) is 0 Å². The van der Waals surface area contributed by atoms with Crippen LogP contribution in [0.1, 0.15) is 23.5 Å². The topological polar surface area (TPSA) is 35.2 Å². The van der Waals surface area contributed by atoms with Crippen LogP contribution < -0.4 is 10.5 Å². The minimum Gasteiger partial charge on any atom is -0.497 e. The van der Waals surface area contributed by atoms with E-state index < -0.39 is 0 Å². The third kappa shape index (κ3) is 2.86. The average Bonchev–Trinajstić information content (AvgIpc) is 3.29. The molecule has 3 atom stereocenters. The molecular weight excluding hydrogens is 246 g/mol. The molecule has 20 heavy (non-hydrogen) atoms. The molecule has 1 aliphatic rings. The van der Waals surface area contributed by atoms with Gasteiger partial charge in [-0.2, -0.15) is 0 Å². The third-order valence-electron chi connectivity index (χ3n) is 4.25. The zero-order valence-corrected chi connectivity index (χ0v) is 11.8. The third-order valence-corrected chi connectivity index (χ3v) is 4.25. The van der Waals surface area contributed by atoms with Crippen molar-refractivity contribution in [2.45, 2.75) is 24.8 Å². The quantitative estimate of drug-likeness (QED) is 0.901.